The number of benzene rings is 1. The van der Waals surface area contributed by atoms with Crippen LogP contribution in [0.5, 0.6) is 0 Å². The first kappa shape index (κ1) is 16.2. The van der Waals surface area contributed by atoms with Crippen LogP contribution >= 0.6 is 0 Å². The zero-order valence-corrected chi connectivity index (χ0v) is 13.9. The Balaban J connectivity index is 1.83. The molecule has 0 aliphatic heterocycles. The number of hydrogen-bond acceptors (Lipinski definition) is 4. The van der Waals surface area contributed by atoms with E-state index in [2.05, 4.69) is 20.4 Å². The van der Waals surface area contributed by atoms with E-state index in [-0.39, 0.29) is 16.9 Å². The number of nitrogens with zero attached hydrogens (tertiary/aromatic N) is 3. The van der Waals surface area contributed by atoms with E-state index in [9.17, 15) is 9.18 Å². The predicted octanol–water partition coefficient (Wildman–Crippen LogP) is 2.67. The first-order valence-corrected chi connectivity index (χ1v) is 7.82. The van der Waals surface area contributed by atoms with Crippen LogP contribution in [-0.2, 0) is 12.0 Å². The van der Waals surface area contributed by atoms with E-state index >= 15 is 0 Å². The lowest BCUT2D eigenvalue weighted by molar-refractivity contribution is 0.366. The molecule has 0 atom stereocenters. The van der Waals surface area contributed by atoms with Crippen molar-refractivity contribution in [2.24, 2.45) is 0 Å². The fourth-order valence-electron chi connectivity index (χ4n) is 2.51. The van der Waals surface area contributed by atoms with Gasteiger partial charge >= 0.3 is 0 Å². The topological polar surface area (TPSA) is 75.6 Å². The van der Waals surface area contributed by atoms with Crippen LogP contribution in [0, 0.1) is 5.82 Å². The second-order valence-corrected chi connectivity index (χ2v) is 6.65. The number of fused-ring (bicyclic) bond motifs is 1. The summed E-state index contributed by atoms with van der Waals surface area (Å²) >= 11 is 0. The van der Waals surface area contributed by atoms with Crippen molar-refractivity contribution in [1.82, 2.24) is 19.7 Å². The predicted molar refractivity (Wildman–Crippen MR) is 91.7 cm³/mol. The lowest BCUT2D eigenvalue weighted by Gasteiger charge is -2.19. The molecule has 0 aliphatic carbocycles. The van der Waals surface area contributed by atoms with E-state index in [0.717, 1.165) is 0 Å². The van der Waals surface area contributed by atoms with Gasteiger partial charge in [-0.2, -0.15) is 10.1 Å². The molecule has 0 bridgehead atoms. The Morgan fingerprint density at radius 2 is 2.04 bits per heavy atom. The zero-order chi connectivity index (χ0) is 17.3. The van der Waals surface area contributed by atoms with Crippen molar-refractivity contribution in [2.75, 3.05) is 11.9 Å². The van der Waals surface area contributed by atoms with Gasteiger partial charge in [0.2, 0.25) is 5.95 Å². The average molecular weight is 329 g/mol. The van der Waals surface area contributed by atoms with Gasteiger partial charge in [0.05, 0.1) is 11.7 Å². The van der Waals surface area contributed by atoms with Gasteiger partial charge in [-0.05, 0) is 38.8 Å². The molecule has 2 N–H and O–H groups in total. The van der Waals surface area contributed by atoms with Gasteiger partial charge in [-0.15, -0.1) is 0 Å². The van der Waals surface area contributed by atoms with Crippen molar-refractivity contribution < 1.29 is 4.39 Å². The molecule has 2 aromatic heterocycles. The standard InChI is InChI=1S/C17H20FN5O/c1-17(2,3)23-14-12(10-20-23)15(24)22-16(21-14)19-9-8-11-6-4-5-7-13(11)18/h4-7,10H,8-9H2,1-3H3,(H2,19,21,22,24). The van der Waals surface area contributed by atoms with Crippen molar-refractivity contribution in [3.8, 4) is 0 Å². The van der Waals surface area contributed by atoms with Crippen LogP contribution in [0.3, 0.4) is 0 Å². The summed E-state index contributed by atoms with van der Waals surface area (Å²) in [6, 6.07) is 6.63. The first-order valence-electron chi connectivity index (χ1n) is 7.82. The maximum absolute atomic E-state index is 13.6. The Bertz CT molecular complexity index is 923. The number of nitrogens with one attached hydrogen (secondary N) is 2. The molecule has 0 fully saturated rings. The maximum atomic E-state index is 13.6. The number of hydrogen-bond donors (Lipinski definition) is 2. The third-order valence-electron chi connectivity index (χ3n) is 3.72. The van der Waals surface area contributed by atoms with Crippen molar-refractivity contribution in [2.45, 2.75) is 32.7 Å². The number of aromatic nitrogens is 4. The summed E-state index contributed by atoms with van der Waals surface area (Å²) in [4.78, 5) is 19.3. The summed E-state index contributed by atoms with van der Waals surface area (Å²) in [5, 5.41) is 7.76. The van der Waals surface area contributed by atoms with Gasteiger partial charge in [0, 0.05) is 6.54 Å². The van der Waals surface area contributed by atoms with Gasteiger partial charge in [0.25, 0.3) is 5.56 Å². The molecule has 6 nitrogen and oxygen atoms in total. The molecular formula is C17H20FN5O. The molecule has 2 heterocycles. The quantitative estimate of drug-likeness (QED) is 0.771. The first-order chi connectivity index (χ1) is 11.4. The lowest BCUT2D eigenvalue weighted by atomic mass is 10.1. The van der Waals surface area contributed by atoms with E-state index < -0.39 is 0 Å². The minimum absolute atomic E-state index is 0.234. The SMILES string of the molecule is CC(C)(C)n1ncc2c(=O)[nH]c(NCCc3ccccc3F)nc21. The summed E-state index contributed by atoms with van der Waals surface area (Å²) < 4.78 is 15.3. The summed E-state index contributed by atoms with van der Waals surface area (Å²) in [5.74, 6) is 0.122. The van der Waals surface area contributed by atoms with E-state index in [4.69, 9.17) is 0 Å². The monoisotopic (exact) mass is 329 g/mol. The van der Waals surface area contributed by atoms with Gasteiger partial charge < -0.3 is 5.32 Å². The summed E-state index contributed by atoms with van der Waals surface area (Å²) in [5.41, 5.74) is 0.615. The smallest absolute Gasteiger partial charge is 0.263 e. The lowest BCUT2D eigenvalue weighted by Crippen LogP contribution is -2.24. The number of halogens is 1. The molecule has 0 radical (unpaired) electrons. The Morgan fingerprint density at radius 1 is 1.29 bits per heavy atom. The van der Waals surface area contributed by atoms with Gasteiger partial charge in [-0.3, -0.25) is 9.78 Å². The molecule has 24 heavy (non-hydrogen) atoms. The maximum Gasteiger partial charge on any atom is 0.263 e. The molecule has 126 valence electrons. The Morgan fingerprint density at radius 3 is 2.75 bits per heavy atom. The van der Waals surface area contributed by atoms with Gasteiger partial charge in [-0.1, -0.05) is 18.2 Å². The van der Waals surface area contributed by atoms with Crippen LogP contribution in [0.2, 0.25) is 0 Å². The average Bonchev–Trinajstić information content (AvgIpc) is 2.94. The summed E-state index contributed by atoms with van der Waals surface area (Å²) in [6.07, 6.45) is 2.02. The highest BCUT2D eigenvalue weighted by Gasteiger charge is 2.19. The van der Waals surface area contributed by atoms with E-state index in [0.29, 0.717) is 35.5 Å². The third kappa shape index (κ3) is 3.15. The molecular weight excluding hydrogens is 309 g/mol. The Hall–Kier alpha value is -2.70. The molecule has 0 aliphatic rings. The van der Waals surface area contributed by atoms with Gasteiger partial charge in [0.1, 0.15) is 11.2 Å². The van der Waals surface area contributed by atoms with Crippen molar-refractivity contribution >= 4 is 17.0 Å². The van der Waals surface area contributed by atoms with Crippen LogP contribution in [-0.4, -0.2) is 26.3 Å². The molecule has 0 spiro atoms. The third-order valence-corrected chi connectivity index (χ3v) is 3.72. The van der Waals surface area contributed by atoms with Gasteiger partial charge in [0.15, 0.2) is 5.65 Å². The van der Waals surface area contributed by atoms with Crippen LogP contribution in [0.15, 0.2) is 35.3 Å². The number of aromatic amines is 1. The Labute approximate surface area is 138 Å². The molecule has 1 aromatic carbocycles. The highest BCUT2D eigenvalue weighted by atomic mass is 19.1. The number of rotatable bonds is 4. The second kappa shape index (κ2) is 6.07. The van der Waals surface area contributed by atoms with Gasteiger partial charge in [-0.25, -0.2) is 9.07 Å². The zero-order valence-electron chi connectivity index (χ0n) is 13.9. The van der Waals surface area contributed by atoms with E-state index in [1.807, 2.05) is 20.8 Å². The molecule has 3 aromatic rings. The largest absolute Gasteiger partial charge is 0.355 e. The highest BCUT2D eigenvalue weighted by molar-refractivity contribution is 5.74. The Kier molecular flexibility index (Phi) is 4.09. The van der Waals surface area contributed by atoms with E-state index in [1.165, 1.54) is 12.3 Å². The molecule has 0 saturated carbocycles. The molecule has 0 saturated heterocycles. The number of anilines is 1. The normalized spacial score (nSPS) is 11.8. The summed E-state index contributed by atoms with van der Waals surface area (Å²) in [7, 11) is 0. The second-order valence-electron chi connectivity index (χ2n) is 6.65. The van der Waals surface area contributed by atoms with Crippen molar-refractivity contribution in [3.05, 3.63) is 52.2 Å². The fraction of sp³-hybridized carbons (Fsp3) is 0.353. The molecule has 0 amide bonds. The number of H-pyrrole nitrogens is 1. The van der Waals surface area contributed by atoms with E-state index in [1.54, 1.807) is 22.9 Å². The van der Waals surface area contributed by atoms with Crippen LogP contribution in [0.4, 0.5) is 10.3 Å². The van der Waals surface area contributed by atoms with Crippen molar-refractivity contribution in [1.29, 1.82) is 0 Å². The molecule has 3 rings (SSSR count). The fourth-order valence-corrected chi connectivity index (χ4v) is 2.51. The van der Waals surface area contributed by atoms with Crippen LogP contribution in [0.25, 0.3) is 11.0 Å². The van der Waals surface area contributed by atoms with Crippen LogP contribution in [0.1, 0.15) is 26.3 Å². The molecule has 0 unspecified atom stereocenters. The molecule has 7 heteroatoms. The highest BCUT2D eigenvalue weighted by Crippen LogP contribution is 2.18. The summed E-state index contributed by atoms with van der Waals surface area (Å²) in [6.45, 7) is 6.44. The van der Waals surface area contributed by atoms with Crippen molar-refractivity contribution in [3.63, 3.8) is 0 Å². The minimum atomic E-state index is -0.285. The minimum Gasteiger partial charge on any atom is -0.355 e. The van der Waals surface area contributed by atoms with Crippen LogP contribution < -0.4 is 10.9 Å².